The van der Waals surface area contributed by atoms with Crippen LogP contribution in [0.3, 0.4) is 0 Å². The molecule has 0 N–H and O–H groups in total. The standard InChI is InChI=1S/C12H8N4O2S/c1-7-10(17)14-12-16(15-7)11(18)9(19-12)6-8-4-2-3-5-13-8/h2-6H,1H3. The van der Waals surface area contributed by atoms with Gasteiger partial charge in [0.1, 0.15) is 10.2 Å². The van der Waals surface area contributed by atoms with Gasteiger partial charge in [-0.05, 0) is 25.1 Å². The van der Waals surface area contributed by atoms with E-state index < -0.39 is 5.56 Å². The third-order valence-corrected chi connectivity index (χ3v) is 3.47. The molecule has 3 aromatic heterocycles. The van der Waals surface area contributed by atoms with Crippen LogP contribution in [0.5, 0.6) is 0 Å². The zero-order valence-corrected chi connectivity index (χ0v) is 10.7. The molecule has 0 amide bonds. The van der Waals surface area contributed by atoms with E-state index in [2.05, 4.69) is 15.1 Å². The van der Waals surface area contributed by atoms with Crippen LogP contribution in [0.25, 0.3) is 11.0 Å². The Morgan fingerprint density at radius 1 is 1.32 bits per heavy atom. The second kappa shape index (κ2) is 4.36. The second-order valence-electron chi connectivity index (χ2n) is 3.87. The van der Waals surface area contributed by atoms with Crippen molar-refractivity contribution in [3.63, 3.8) is 0 Å². The fourth-order valence-corrected chi connectivity index (χ4v) is 2.47. The number of fused-ring (bicyclic) bond motifs is 1. The highest BCUT2D eigenvalue weighted by Crippen LogP contribution is 1.98. The molecule has 0 saturated heterocycles. The first kappa shape index (κ1) is 11.7. The lowest BCUT2D eigenvalue weighted by Gasteiger charge is -1.89. The number of aryl methyl sites for hydroxylation is 1. The van der Waals surface area contributed by atoms with Gasteiger partial charge in [0.2, 0.25) is 4.96 Å². The summed E-state index contributed by atoms with van der Waals surface area (Å²) < 4.78 is 1.60. The van der Waals surface area contributed by atoms with Crippen molar-refractivity contribution in [3.8, 4) is 0 Å². The van der Waals surface area contributed by atoms with E-state index in [1.165, 1.54) is 6.92 Å². The molecule has 0 radical (unpaired) electrons. The highest BCUT2D eigenvalue weighted by molar-refractivity contribution is 7.15. The summed E-state index contributed by atoms with van der Waals surface area (Å²) in [7, 11) is 0. The first-order valence-electron chi connectivity index (χ1n) is 5.48. The van der Waals surface area contributed by atoms with Crippen LogP contribution < -0.4 is 15.7 Å². The molecule has 0 aliphatic heterocycles. The number of rotatable bonds is 1. The third-order valence-electron chi connectivity index (χ3n) is 2.51. The lowest BCUT2D eigenvalue weighted by molar-refractivity contribution is 0.833. The van der Waals surface area contributed by atoms with E-state index in [4.69, 9.17) is 0 Å². The Bertz CT molecular complexity index is 915. The topological polar surface area (TPSA) is 77.2 Å². The normalized spacial score (nSPS) is 12.2. The van der Waals surface area contributed by atoms with Crippen LogP contribution in [-0.4, -0.2) is 19.6 Å². The number of hydrogen-bond donors (Lipinski definition) is 0. The monoisotopic (exact) mass is 272 g/mol. The van der Waals surface area contributed by atoms with Gasteiger partial charge in [-0.15, -0.1) is 0 Å². The van der Waals surface area contributed by atoms with Gasteiger partial charge in [0.25, 0.3) is 11.1 Å². The smallest absolute Gasteiger partial charge is 0.266 e. The van der Waals surface area contributed by atoms with E-state index in [-0.39, 0.29) is 11.3 Å². The Kier molecular flexibility index (Phi) is 2.68. The highest BCUT2D eigenvalue weighted by Gasteiger charge is 2.08. The molecule has 19 heavy (non-hydrogen) atoms. The average Bonchev–Trinajstić information content (AvgIpc) is 2.69. The predicted molar refractivity (Wildman–Crippen MR) is 71.2 cm³/mol. The van der Waals surface area contributed by atoms with Crippen molar-refractivity contribution in [2.45, 2.75) is 6.92 Å². The first-order valence-corrected chi connectivity index (χ1v) is 6.30. The van der Waals surface area contributed by atoms with Gasteiger partial charge in [0, 0.05) is 6.20 Å². The molecule has 0 spiro atoms. The summed E-state index contributed by atoms with van der Waals surface area (Å²) in [4.78, 5) is 31.7. The lowest BCUT2D eigenvalue weighted by Crippen LogP contribution is -2.27. The van der Waals surface area contributed by atoms with Crippen molar-refractivity contribution in [1.29, 1.82) is 0 Å². The van der Waals surface area contributed by atoms with Gasteiger partial charge < -0.3 is 0 Å². The molecular weight excluding hydrogens is 264 g/mol. The maximum absolute atomic E-state index is 12.1. The molecule has 0 fully saturated rings. The van der Waals surface area contributed by atoms with E-state index in [0.717, 1.165) is 15.9 Å². The van der Waals surface area contributed by atoms with Crippen LogP contribution in [-0.2, 0) is 0 Å². The molecule has 0 aliphatic rings. The Balaban J connectivity index is 2.33. The molecule has 0 unspecified atom stereocenters. The van der Waals surface area contributed by atoms with Gasteiger partial charge in [0.15, 0.2) is 0 Å². The molecule has 3 rings (SSSR count). The highest BCUT2D eigenvalue weighted by atomic mass is 32.1. The lowest BCUT2D eigenvalue weighted by atomic mass is 10.3. The predicted octanol–water partition coefficient (Wildman–Crippen LogP) is -0.238. The van der Waals surface area contributed by atoms with Gasteiger partial charge in [-0.25, -0.2) is 0 Å². The SMILES string of the molecule is Cc1nn2c(=O)c(=Cc3ccccn3)sc2nc1=O. The minimum absolute atomic E-state index is 0.205. The van der Waals surface area contributed by atoms with Crippen LogP contribution in [0, 0.1) is 6.92 Å². The first-order chi connectivity index (χ1) is 9.15. The van der Waals surface area contributed by atoms with Gasteiger partial charge in [-0.2, -0.15) is 14.6 Å². The molecule has 0 bridgehead atoms. The van der Waals surface area contributed by atoms with E-state index in [0.29, 0.717) is 15.2 Å². The molecule has 0 aromatic carbocycles. The van der Waals surface area contributed by atoms with Crippen molar-refractivity contribution in [3.05, 3.63) is 61.0 Å². The number of hydrogen-bond acceptors (Lipinski definition) is 6. The van der Waals surface area contributed by atoms with Gasteiger partial charge in [0.05, 0.1) is 5.69 Å². The van der Waals surface area contributed by atoms with Crippen LogP contribution in [0.2, 0.25) is 0 Å². The number of thiazole rings is 1. The van der Waals surface area contributed by atoms with Crippen molar-refractivity contribution in [2.75, 3.05) is 0 Å². The van der Waals surface area contributed by atoms with Crippen LogP contribution in [0.15, 0.2) is 34.0 Å². The quantitative estimate of drug-likeness (QED) is 0.611. The zero-order chi connectivity index (χ0) is 13.4. The van der Waals surface area contributed by atoms with Gasteiger partial charge in [-0.1, -0.05) is 17.4 Å². The molecular formula is C12H8N4O2S. The maximum Gasteiger partial charge on any atom is 0.295 e. The zero-order valence-electron chi connectivity index (χ0n) is 9.90. The molecule has 7 heteroatoms. The summed E-state index contributed by atoms with van der Waals surface area (Å²) in [5.74, 6) is 0. The largest absolute Gasteiger partial charge is 0.295 e. The maximum atomic E-state index is 12.1. The fourth-order valence-electron chi connectivity index (χ4n) is 1.58. The Morgan fingerprint density at radius 2 is 2.16 bits per heavy atom. The average molecular weight is 272 g/mol. The number of nitrogens with zero attached hydrogens (tertiary/aromatic N) is 4. The molecule has 3 aromatic rings. The van der Waals surface area contributed by atoms with Crippen LogP contribution in [0.1, 0.15) is 11.4 Å². The second-order valence-corrected chi connectivity index (χ2v) is 4.88. The van der Waals surface area contributed by atoms with Crippen molar-refractivity contribution >= 4 is 22.4 Å². The third kappa shape index (κ3) is 2.04. The Morgan fingerprint density at radius 3 is 2.89 bits per heavy atom. The fraction of sp³-hybridized carbons (Fsp3) is 0.0833. The molecule has 3 heterocycles. The summed E-state index contributed by atoms with van der Waals surface area (Å²) in [6.07, 6.45) is 3.30. The molecule has 0 saturated carbocycles. The van der Waals surface area contributed by atoms with Gasteiger partial charge in [-0.3, -0.25) is 14.6 Å². The Hall–Kier alpha value is -2.41. The Labute approximate surface area is 110 Å². The number of aromatic nitrogens is 4. The van der Waals surface area contributed by atoms with Crippen LogP contribution in [0.4, 0.5) is 0 Å². The summed E-state index contributed by atoms with van der Waals surface area (Å²) in [6, 6.07) is 5.42. The van der Waals surface area contributed by atoms with Gasteiger partial charge >= 0.3 is 0 Å². The summed E-state index contributed by atoms with van der Waals surface area (Å²) in [6.45, 7) is 1.53. The van der Waals surface area contributed by atoms with Crippen molar-refractivity contribution in [2.24, 2.45) is 0 Å². The molecule has 6 nitrogen and oxygen atoms in total. The molecule has 94 valence electrons. The van der Waals surface area contributed by atoms with E-state index in [1.807, 2.05) is 6.07 Å². The molecule has 0 aliphatic carbocycles. The minimum atomic E-state index is -0.411. The summed E-state index contributed by atoms with van der Waals surface area (Å²) in [5.41, 5.74) is 0.175. The number of pyridine rings is 1. The summed E-state index contributed by atoms with van der Waals surface area (Å²) >= 11 is 1.12. The van der Waals surface area contributed by atoms with Crippen molar-refractivity contribution in [1.82, 2.24) is 19.6 Å². The van der Waals surface area contributed by atoms with E-state index in [1.54, 1.807) is 24.4 Å². The van der Waals surface area contributed by atoms with E-state index in [9.17, 15) is 9.59 Å². The van der Waals surface area contributed by atoms with Crippen molar-refractivity contribution < 1.29 is 0 Å². The van der Waals surface area contributed by atoms with E-state index >= 15 is 0 Å². The minimum Gasteiger partial charge on any atom is -0.266 e. The summed E-state index contributed by atoms with van der Waals surface area (Å²) in [5, 5.41) is 3.94. The van der Waals surface area contributed by atoms with Crippen LogP contribution >= 0.6 is 11.3 Å². The molecule has 0 atom stereocenters.